The van der Waals surface area contributed by atoms with Crippen molar-refractivity contribution in [2.75, 3.05) is 6.54 Å². The van der Waals surface area contributed by atoms with Gasteiger partial charge in [0.25, 0.3) is 5.92 Å². The maximum Gasteiger partial charge on any atom is 0.251 e. The fraction of sp³-hybridized carbons (Fsp3) is 0.524. The summed E-state index contributed by atoms with van der Waals surface area (Å²) in [6, 6.07) is 5.86. The third-order valence-corrected chi connectivity index (χ3v) is 6.33. The van der Waals surface area contributed by atoms with Crippen LogP contribution in [-0.2, 0) is 0 Å². The minimum atomic E-state index is -2.81. The second-order valence-electron chi connectivity index (χ2n) is 8.13. The van der Waals surface area contributed by atoms with Gasteiger partial charge in [-0.15, -0.1) is 0 Å². The van der Waals surface area contributed by atoms with Gasteiger partial charge in [0.1, 0.15) is 0 Å². The molecule has 0 radical (unpaired) electrons. The van der Waals surface area contributed by atoms with Gasteiger partial charge in [0.15, 0.2) is 0 Å². The van der Waals surface area contributed by atoms with Gasteiger partial charge in [0.05, 0.1) is 16.1 Å². The molecule has 2 aliphatic rings. The molecule has 2 N–H and O–H groups in total. The van der Waals surface area contributed by atoms with Crippen molar-refractivity contribution in [3.63, 3.8) is 0 Å². The Morgan fingerprint density at radius 3 is 2.78 bits per heavy atom. The molecule has 146 valence electrons. The first kappa shape index (κ1) is 18.8. The Hall–Kier alpha value is -1.59. The lowest BCUT2D eigenvalue weighted by Crippen LogP contribution is -2.47. The molecule has 3 nitrogen and oxygen atoms in total. The van der Waals surface area contributed by atoms with E-state index in [4.69, 9.17) is 11.6 Å². The van der Waals surface area contributed by atoms with Crippen molar-refractivity contribution >= 4 is 22.8 Å². The Morgan fingerprint density at radius 1 is 1.33 bits per heavy atom. The zero-order chi connectivity index (χ0) is 19.2. The first-order chi connectivity index (χ1) is 12.8. The number of aromatic nitrogens is 1. The van der Waals surface area contributed by atoms with Gasteiger partial charge in [-0.05, 0) is 49.8 Å². The van der Waals surface area contributed by atoms with E-state index < -0.39 is 17.9 Å². The quantitative estimate of drug-likeness (QED) is 0.716. The third-order valence-electron chi connectivity index (χ3n) is 6.02. The molecule has 2 fully saturated rings. The van der Waals surface area contributed by atoms with Crippen LogP contribution in [0.5, 0.6) is 0 Å². The van der Waals surface area contributed by atoms with Crippen molar-refractivity contribution in [2.24, 2.45) is 0 Å². The van der Waals surface area contributed by atoms with Crippen molar-refractivity contribution in [1.29, 1.82) is 0 Å². The highest BCUT2D eigenvalue weighted by molar-refractivity contribution is 6.34. The molecular formula is C21H25ClF2N2O. The Balaban J connectivity index is 1.58. The van der Waals surface area contributed by atoms with Crippen LogP contribution in [-0.4, -0.2) is 27.6 Å². The van der Waals surface area contributed by atoms with E-state index in [0.717, 1.165) is 23.9 Å². The molecule has 0 bridgehead atoms. The van der Waals surface area contributed by atoms with Gasteiger partial charge in [-0.25, -0.2) is 8.78 Å². The molecule has 2 heterocycles. The number of nitrogens with zero attached hydrogens (tertiary/aromatic N) is 1. The molecule has 0 spiro atoms. The van der Waals surface area contributed by atoms with E-state index in [2.05, 4.69) is 22.4 Å². The van der Waals surface area contributed by atoms with Crippen molar-refractivity contribution in [2.45, 2.75) is 62.4 Å². The molecule has 2 aliphatic carbocycles. The number of fused-ring (bicyclic) bond motifs is 1. The summed E-state index contributed by atoms with van der Waals surface area (Å²) in [6.45, 7) is 4.16. The lowest BCUT2D eigenvalue weighted by Gasteiger charge is -2.37. The number of halogens is 3. The van der Waals surface area contributed by atoms with E-state index in [9.17, 15) is 13.9 Å². The van der Waals surface area contributed by atoms with Gasteiger partial charge in [0, 0.05) is 42.5 Å². The fourth-order valence-corrected chi connectivity index (χ4v) is 4.61. The summed E-state index contributed by atoms with van der Waals surface area (Å²) in [5, 5.41) is 14.3. The van der Waals surface area contributed by atoms with E-state index in [0.29, 0.717) is 29.5 Å². The lowest BCUT2D eigenvalue weighted by atomic mass is 9.82. The van der Waals surface area contributed by atoms with Crippen molar-refractivity contribution < 1.29 is 13.9 Å². The second-order valence-corrected chi connectivity index (χ2v) is 8.54. The molecule has 27 heavy (non-hydrogen) atoms. The summed E-state index contributed by atoms with van der Waals surface area (Å²) >= 11 is 6.46. The molecule has 0 aliphatic heterocycles. The van der Waals surface area contributed by atoms with Crippen LogP contribution >= 0.6 is 11.6 Å². The summed E-state index contributed by atoms with van der Waals surface area (Å²) < 4.78 is 29.5. The molecule has 0 amide bonds. The highest BCUT2D eigenvalue weighted by Gasteiger charge is 2.44. The Labute approximate surface area is 163 Å². The van der Waals surface area contributed by atoms with Crippen molar-refractivity contribution in [1.82, 2.24) is 9.72 Å². The van der Waals surface area contributed by atoms with Gasteiger partial charge < -0.3 is 14.8 Å². The summed E-state index contributed by atoms with van der Waals surface area (Å²) in [5.41, 5.74) is 2.14. The van der Waals surface area contributed by atoms with Crippen LogP contribution in [0.4, 0.5) is 8.78 Å². The SMILES string of the molecule is C=C(NCC1(O)CCCC(F)(F)C1)c1cc(C2CCC2)n2cccc(Cl)c12. The molecule has 0 aromatic carbocycles. The standard InChI is InChI=1S/C21H25ClF2N2O/c1-14(25-13-20(27)8-4-9-21(23,24)12-20)16-11-18(15-5-2-6-15)26-10-3-7-17(22)19(16)26/h3,7,10-11,15,25,27H,1-2,4-6,8-9,12-13H2. The number of hydrogen-bond donors (Lipinski definition) is 2. The predicted octanol–water partition coefficient (Wildman–Crippen LogP) is 5.36. The zero-order valence-corrected chi connectivity index (χ0v) is 16.0. The number of pyridine rings is 1. The van der Waals surface area contributed by atoms with Crippen LogP contribution in [0.2, 0.25) is 5.02 Å². The largest absolute Gasteiger partial charge is 0.388 e. The first-order valence-electron chi connectivity index (χ1n) is 9.61. The smallest absolute Gasteiger partial charge is 0.251 e. The average molecular weight is 395 g/mol. The number of hydrogen-bond acceptors (Lipinski definition) is 2. The summed E-state index contributed by atoms with van der Waals surface area (Å²) in [7, 11) is 0. The molecule has 2 aromatic rings. The van der Waals surface area contributed by atoms with Crippen molar-refractivity contribution in [3.05, 3.63) is 47.3 Å². The molecule has 2 saturated carbocycles. The second kappa shape index (κ2) is 6.78. The highest BCUT2D eigenvalue weighted by Crippen LogP contribution is 2.41. The monoisotopic (exact) mass is 394 g/mol. The van der Waals surface area contributed by atoms with Gasteiger partial charge in [-0.1, -0.05) is 24.6 Å². The predicted molar refractivity (Wildman–Crippen MR) is 104 cm³/mol. The maximum absolute atomic E-state index is 13.7. The normalized spacial score (nSPS) is 25.3. The Bertz CT molecular complexity index is 874. The third kappa shape index (κ3) is 3.59. The van der Waals surface area contributed by atoms with Crippen LogP contribution in [0.15, 0.2) is 31.0 Å². The molecule has 6 heteroatoms. The molecule has 0 saturated heterocycles. The number of alkyl halides is 2. The van der Waals surface area contributed by atoms with Crippen LogP contribution in [0.25, 0.3) is 11.2 Å². The summed E-state index contributed by atoms with van der Waals surface area (Å²) in [6.07, 6.45) is 5.58. The van der Waals surface area contributed by atoms with Gasteiger partial charge >= 0.3 is 0 Å². The fourth-order valence-electron chi connectivity index (χ4n) is 4.34. The topological polar surface area (TPSA) is 36.7 Å². The number of aliphatic hydroxyl groups is 1. The number of rotatable bonds is 5. The van der Waals surface area contributed by atoms with Crippen LogP contribution in [0.3, 0.4) is 0 Å². The molecule has 1 unspecified atom stereocenters. The van der Waals surface area contributed by atoms with Crippen molar-refractivity contribution in [3.8, 4) is 0 Å². The van der Waals surface area contributed by atoms with E-state index in [1.165, 1.54) is 12.1 Å². The lowest BCUT2D eigenvalue weighted by molar-refractivity contribution is -0.121. The highest BCUT2D eigenvalue weighted by atomic mass is 35.5. The van der Waals surface area contributed by atoms with Gasteiger partial charge in [-0.2, -0.15) is 0 Å². The molecule has 2 aromatic heterocycles. The van der Waals surface area contributed by atoms with E-state index >= 15 is 0 Å². The molecular weight excluding hydrogens is 370 g/mol. The minimum absolute atomic E-state index is 0.0575. The molecule has 4 rings (SSSR count). The summed E-state index contributed by atoms with van der Waals surface area (Å²) in [5.74, 6) is -2.29. The van der Waals surface area contributed by atoms with E-state index in [1.807, 2.05) is 18.3 Å². The average Bonchev–Trinajstić information content (AvgIpc) is 2.91. The minimum Gasteiger partial charge on any atom is -0.388 e. The van der Waals surface area contributed by atoms with Crippen LogP contribution in [0.1, 0.15) is 62.1 Å². The Kier molecular flexibility index (Phi) is 4.71. The van der Waals surface area contributed by atoms with E-state index in [1.54, 1.807) is 0 Å². The van der Waals surface area contributed by atoms with Gasteiger partial charge in [-0.3, -0.25) is 0 Å². The van der Waals surface area contributed by atoms with E-state index in [-0.39, 0.29) is 13.0 Å². The molecule has 1 atom stereocenters. The van der Waals surface area contributed by atoms with Gasteiger partial charge in [0.2, 0.25) is 0 Å². The first-order valence-corrected chi connectivity index (χ1v) is 9.99. The van der Waals surface area contributed by atoms with Crippen LogP contribution in [0, 0.1) is 0 Å². The Morgan fingerprint density at radius 2 is 2.11 bits per heavy atom. The summed E-state index contributed by atoms with van der Waals surface area (Å²) in [4.78, 5) is 0. The maximum atomic E-state index is 13.7. The zero-order valence-electron chi connectivity index (χ0n) is 15.3. The van der Waals surface area contributed by atoms with Crippen LogP contribution < -0.4 is 5.32 Å². The number of nitrogens with one attached hydrogen (secondary N) is 1.